The van der Waals surface area contributed by atoms with Crippen LogP contribution in [-0.4, -0.2) is 41.3 Å². The summed E-state index contributed by atoms with van der Waals surface area (Å²) in [5.41, 5.74) is 0. The number of hydrogen-bond acceptors (Lipinski definition) is 3. The Kier molecular flexibility index (Phi) is 1.83. The predicted molar refractivity (Wildman–Crippen MR) is 54.8 cm³/mol. The summed E-state index contributed by atoms with van der Waals surface area (Å²) in [4.78, 5) is 0. The summed E-state index contributed by atoms with van der Waals surface area (Å²) in [5.74, 6) is -0.494. The number of quaternary nitrogens is 1. The van der Waals surface area contributed by atoms with E-state index >= 15 is 0 Å². The number of nitrogens with zero attached hydrogens (tertiary/aromatic N) is 1. The molecule has 0 bridgehead atoms. The Hall–Kier alpha value is -0.160. The molecule has 86 valence electrons. The summed E-state index contributed by atoms with van der Waals surface area (Å²) >= 11 is 0. The minimum atomic E-state index is -0.494. The highest BCUT2D eigenvalue weighted by molar-refractivity contribution is 4.97. The molecule has 15 heavy (non-hydrogen) atoms. The van der Waals surface area contributed by atoms with Gasteiger partial charge in [-0.25, -0.2) is 0 Å². The fourth-order valence-electron chi connectivity index (χ4n) is 3.52. The van der Waals surface area contributed by atoms with Gasteiger partial charge >= 0.3 is 0 Å². The highest BCUT2D eigenvalue weighted by Crippen LogP contribution is 2.47. The number of ether oxygens (including phenoxy) is 2. The molecule has 3 fully saturated rings. The molecule has 0 spiro atoms. The first kappa shape index (κ1) is 10.0. The van der Waals surface area contributed by atoms with Crippen molar-refractivity contribution < 1.29 is 14.1 Å². The molecular formula is C11H19NO3. The Morgan fingerprint density at radius 1 is 1.27 bits per heavy atom. The molecule has 5 atom stereocenters. The van der Waals surface area contributed by atoms with Crippen molar-refractivity contribution in [1.82, 2.24) is 0 Å². The lowest BCUT2D eigenvalue weighted by molar-refractivity contribution is -0.905. The van der Waals surface area contributed by atoms with Gasteiger partial charge in [0, 0.05) is 12.8 Å². The lowest BCUT2D eigenvalue weighted by atomic mass is 10.1. The van der Waals surface area contributed by atoms with Gasteiger partial charge in [0.15, 0.2) is 5.79 Å². The monoisotopic (exact) mass is 213 g/mol. The third-order valence-corrected chi connectivity index (χ3v) is 4.25. The highest BCUT2D eigenvalue weighted by Gasteiger charge is 2.61. The number of rotatable bonds is 0. The summed E-state index contributed by atoms with van der Waals surface area (Å²) in [6.45, 7) is 6.51. The van der Waals surface area contributed by atoms with Crippen LogP contribution in [0.5, 0.6) is 0 Å². The molecule has 3 aliphatic heterocycles. The molecule has 0 saturated carbocycles. The average molecular weight is 213 g/mol. The summed E-state index contributed by atoms with van der Waals surface area (Å²) in [6.07, 6.45) is 2.07. The van der Waals surface area contributed by atoms with E-state index in [0.717, 1.165) is 12.8 Å². The highest BCUT2D eigenvalue weighted by atomic mass is 16.8. The lowest BCUT2D eigenvalue weighted by Crippen LogP contribution is -2.50. The van der Waals surface area contributed by atoms with Gasteiger partial charge in [0.05, 0.1) is 6.04 Å². The van der Waals surface area contributed by atoms with Crippen molar-refractivity contribution >= 4 is 0 Å². The van der Waals surface area contributed by atoms with Gasteiger partial charge in [-0.05, 0) is 20.8 Å². The molecule has 0 N–H and O–H groups in total. The molecule has 3 heterocycles. The molecule has 4 heteroatoms. The van der Waals surface area contributed by atoms with Gasteiger partial charge in [-0.15, -0.1) is 0 Å². The van der Waals surface area contributed by atoms with E-state index in [1.807, 2.05) is 13.8 Å². The first-order valence-electron chi connectivity index (χ1n) is 5.86. The molecule has 0 aromatic carbocycles. The van der Waals surface area contributed by atoms with Crippen LogP contribution < -0.4 is 0 Å². The molecule has 0 aliphatic carbocycles. The summed E-state index contributed by atoms with van der Waals surface area (Å²) in [6, 6.07) is 0.336. The van der Waals surface area contributed by atoms with Gasteiger partial charge in [0.25, 0.3) is 0 Å². The summed E-state index contributed by atoms with van der Waals surface area (Å²) < 4.78 is 11.6. The van der Waals surface area contributed by atoms with E-state index in [2.05, 4.69) is 6.92 Å². The second-order valence-electron chi connectivity index (χ2n) is 5.67. The maximum absolute atomic E-state index is 12.6. The quantitative estimate of drug-likeness (QED) is 0.451. The average Bonchev–Trinajstić information content (AvgIpc) is 2.60. The van der Waals surface area contributed by atoms with Crippen molar-refractivity contribution in [3.8, 4) is 0 Å². The predicted octanol–water partition coefficient (Wildman–Crippen LogP) is 1.39. The smallest absolute Gasteiger partial charge is 0.164 e. The van der Waals surface area contributed by atoms with Crippen LogP contribution in [0.3, 0.4) is 0 Å². The van der Waals surface area contributed by atoms with Crippen molar-refractivity contribution in [1.29, 1.82) is 0 Å². The van der Waals surface area contributed by atoms with Crippen LogP contribution in [0.4, 0.5) is 0 Å². The maximum Gasteiger partial charge on any atom is 0.164 e. The van der Waals surface area contributed by atoms with Crippen molar-refractivity contribution in [2.45, 2.75) is 63.7 Å². The van der Waals surface area contributed by atoms with Crippen molar-refractivity contribution in [3.05, 3.63) is 5.21 Å². The molecule has 4 nitrogen and oxygen atoms in total. The molecule has 0 unspecified atom stereocenters. The van der Waals surface area contributed by atoms with E-state index in [1.54, 1.807) is 0 Å². The molecule has 0 amide bonds. The molecule has 0 radical (unpaired) electrons. The van der Waals surface area contributed by atoms with Gasteiger partial charge in [-0.3, -0.25) is 0 Å². The molecule has 3 saturated heterocycles. The molecule has 3 aliphatic rings. The number of hydrogen-bond donors (Lipinski definition) is 0. The molecule has 3 rings (SSSR count). The minimum absolute atomic E-state index is 0.0187. The Morgan fingerprint density at radius 2 is 2.00 bits per heavy atom. The van der Waals surface area contributed by atoms with Crippen molar-refractivity contribution in [3.63, 3.8) is 0 Å². The van der Waals surface area contributed by atoms with Crippen LogP contribution >= 0.6 is 0 Å². The SMILES string of the molecule is C[C@H]1CC[C@@H]2[C@H]3OC(C)(C)O[C@H]3C[N@@+]21[O-]. The largest absolute Gasteiger partial charge is 0.632 e. The Balaban J connectivity index is 1.87. The lowest BCUT2D eigenvalue weighted by Gasteiger charge is -2.44. The number of fused-ring (bicyclic) bond motifs is 3. The van der Waals surface area contributed by atoms with E-state index in [-0.39, 0.29) is 28.9 Å². The number of hydroxylamine groups is 3. The van der Waals surface area contributed by atoms with Gasteiger partial charge in [0.2, 0.25) is 0 Å². The van der Waals surface area contributed by atoms with Crippen LogP contribution in [0.25, 0.3) is 0 Å². The molecule has 0 aromatic heterocycles. The minimum Gasteiger partial charge on any atom is -0.632 e. The second kappa shape index (κ2) is 2.74. The first-order valence-corrected chi connectivity index (χ1v) is 5.86. The zero-order chi connectivity index (χ0) is 10.8. The fraction of sp³-hybridized carbons (Fsp3) is 1.00. The zero-order valence-electron chi connectivity index (χ0n) is 9.60. The van der Waals surface area contributed by atoms with E-state index in [9.17, 15) is 5.21 Å². The summed E-state index contributed by atoms with van der Waals surface area (Å²) in [5, 5.41) is 12.6. The first-order chi connectivity index (χ1) is 6.92. The van der Waals surface area contributed by atoms with E-state index in [1.165, 1.54) is 0 Å². The van der Waals surface area contributed by atoms with Gasteiger partial charge in [-0.2, -0.15) is 0 Å². The summed E-state index contributed by atoms with van der Waals surface area (Å²) in [7, 11) is 0. The van der Waals surface area contributed by atoms with Crippen LogP contribution in [0.15, 0.2) is 0 Å². The normalized spacial score (nSPS) is 56.8. The van der Waals surface area contributed by atoms with Crippen molar-refractivity contribution in [2.24, 2.45) is 0 Å². The van der Waals surface area contributed by atoms with Crippen LogP contribution in [-0.2, 0) is 9.47 Å². The molecular weight excluding hydrogens is 194 g/mol. The Bertz CT molecular complexity index is 294. The molecule has 0 aromatic rings. The fourth-order valence-corrected chi connectivity index (χ4v) is 3.52. The third kappa shape index (κ3) is 1.22. The van der Waals surface area contributed by atoms with Gasteiger partial charge < -0.3 is 19.3 Å². The zero-order valence-corrected chi connectivity index (χ0v) is 9.60. The van der Waals surface area contributed by atoms with Crippen LogP contribution in [0, 0.1) is 5.21 Å². The standard InChI is InChI=1S/C11H19NO3/c1-7-4-5-8-10-9(6-12(7,8)13)14-11(2,3)15-10/h7-10H,4-6H2,1-3H3/t7-,8+,9-,10+,12-/m0/s1. The Morgan fingerprint density at radius 3 is 2.73 bits per heavy atom. The van der Waals surface area contributed by atoms with Crippen LogP contribution in [0.2, 0.25) is 0 Å². The van der Waals surface area contributed by atoms with Gasteiger partial charge in [-0.1, -0.05) is 0 Å². The van der Waals surface area contributed by atoms with E-state index in [0.29, 0.717) is 6.54 Å². The third-order valence-electron chi connectivity index (χ3n) is 4.25. The van der Waals surface area contributed by atoms with Crippen molar-refractivity contribution in [2.75, 3.05) is 6.54 Å². The van der Waals surface area contributed by atoms with Crippen LogP contribution in [0.1, 0.15) is 33.6 Å². The Labute approximate surface area is 90.3 Å². The topological polar surface area (TPSA) is 41.5 Å². The van der Waals surface area contributed by atoms with E-state index < -0.39 is 5.79 Å². The maximum atomic E-state index is 12.6. The van der Waals surface area contributed by atoms with Gasteiger partial charge in [0.1, 0.15) is 24.8 Å². The second-order valence-corrected chi connectivity index (χ2v) is 5.67. The van der Waals surface area contributed by atoms with E-state index in [4.69, 9.17) is 9.47 Å².